The van der Waals surface area contributed by atoms with E-state index in [4.69, 9.17) is 0 Å². The van der Waals surface area contributed by atoms with Crippen LogP contribution in [0.25, 0.3) is 22.0 Å². The number of nitrogens with zero attached hydrogens (tertiary/aromatic N) is 3. The lowest BCUT2D eigenvalue weighted by atomic mass is 10.0. The van der Waals surface area contributed by atoms with Crippen molar-refractivity contribution in [2.24, 2.45) is 0 Å². The first-order valence-electron chi connectivity index (χ1n) is 13.4. The Kier molecular flexibility index (Phi) is 8.38. The number of rotatable bonds is 8. The van der Waals surface area contributed by atoms with Gasteiger partial charge in [-0.3, -0.25) is 9.59 Å². The number of benzene rings is 4. The molecule has 220 valence electrons. The smallest absolute Gasteiger partial charge is 0.340 e. The molecule has 0 aliphatic heterocycles. The number of carbonyl (C=O) groups excluding carboxylic acids is 1. The molecule has 1 aromatic heterocycles. The minimum atomic E-state index is -4.41. The topological polar surface area (TPSA) is 55.2 Å². The van der Waals surface area contributed by atoms with E-state index in [-0.39, 0.29) is 43.2 Å². The van der Waals surface area contributed by atoms with E-state index in [0.29, 0.717) is 16.5 Å². The van der Waals surface area contributed by atoms with E-state index >= 15 is 0 Å². The molecule has 0 saturated carbocycles. The van der Waals surface area contributed by atoms with Gasteiger partial charge in [-0.05, 0) is 59.0 Å². The molecule has 5 aromatic rings. The van der Waals surface area contributed by atoms with Gasteiger partial charge in [0, 0.05) is 20.0 Å². The van der Waals surface area contributed by atoms with E-state index in [1.54, 1.807) is 60.1 Å². The van der Waals surface area contributed by atoms with Crippen LogP contribution in [-0.4, -0.2) is 27.4 Å². The minimum Gasteiger partial charge on any atom is -0.340 e. The van der Waals surface area contributed by atoms with Crippen molar-refractivity contribution in [2.45, 2.75) is 32.1 Å². The molecule has 0 bridgehead atoms. The third kappa shape index (κ3) is 6.63. The highest BCUT2D eigenvalue weighted by atomic mass is 19.4. The second-order valence-corrected chi connectivity index (χ2v) is 10.2. The number of halogens is 5. The van der Waals surface area contributed by atoms with Crippen LogP contribution in [0, 0.1) is 11.6 Å². The summed E-state index contributed by atoms with van der Waals surface area (Å²) in [5.41, 5.74) is 1.61. The van der Waals surface area contributed by atoms with Crippen LogP contribution in [0.5, 0.6) is 0 Å². The molecular weight excluding hydrogens is 565 g/mol. The summed E-state index contributed by atoms with van der Waals surface area (Å²) in [7, 11) is 1.63. The number of fused-ring (bicyclic) bond motifs is 1. The van der Waals surface area contributed by atoms with E-state index in [2.05, 4.69) is 4.98 Å². The lowest BCUT2D eigenvalue weighted by molar-refractivity contribution is -0.137. The molecule has 43 heavy (non-hydrogen) atoms. The first-order valence-corrected chi connectivity index (χ1v) is 13.4. The Bertz CT molecular complexity index is 1830. The monoisotopic (exact) mass is 591 g/mol. The SMILES string of the molecule is CN(Cc1ccc(-c2ccc(C(F)(F)F)cc2)cc1)C(=O)Cn1c(CCc2cccc(F)c2F)nc(=O)c2ccccc21. The molecule has 0 N–H and O–H groups in total. The van der Waals surface area contributed by atoms with Crippen LogP contribution in [0.15, 0.2) is 95.8 Å². The molecule has 0 aliphatic rings. The fourth-order valence-electron chi connectivity index (χ4n) is 4.89. The zero-order chi connectivity index (χ0) is 30.7. The molecule has 4 aromatic carbocycles. The van der Waals surface area contributed by atoms with Crippen LogP contribution in [0.2, 0.25) is 0 Å². The summed E-state index contributed by atoms with van der Waals surface area (Å²) in [4.78, 5) is 31.8. The minimum absolute atomic E-state index is 0.0731. The van der Waals surface area contributed by atoms with Gasteiger partial charge in [0.2, 0.25) is 5.91 Å². The quantitative estimate of drug-likeness (QED) is 0.187. The molecule has 5 nitrogen and oxygen atoms in total. The highest BCUT2D eigenvalue weighted by molar-refractivity contribution is 5.82. The largest absolute Gasteiger partial charge is 0.416 e. The van der Waals surface area contributed by atoms with Crippen LogP contribution in [-0.2, 0) is 36.9 Å². The normalized spacial score (nSPS) is 11.6. The Morgan fingerprint density at radius 2 is 1.49 bits per heavy atom. The number of aromatic nitrogens is 2. The van der Waals surface area contributed by atoms with Gasteiger partial charge >= 0.3 is 6.18 Å². The van der Waals surface area contributed by atoms with Gasteiger partial charge in [0.1, 0.15) is 12.4 Å². The van der Waals surface area contributed by atoms with E-state index in [1.807, 2.05) is 0 Å². The van der Waals surface area contributed by atoms with Crippen molar-refractivity contribution in [3.8, 4) is 11.1 Å². The zero-order valence-electron chi connectivity index (χ0n) is 23.0. The molecule has 10 heteroatoms. The first kappa shape index (κ1) is 29.6. The molecule has 0 atom stereocenters. The van der Waals surface area contributed by atoms with E-state index < -0.39 is 28.9 Å². The summed E-state index contributed by atoms with van der Waals surface area (Å²) in [6, 6.07) is 22.7. The van der Waals surface area contributed by atoms with Crippen molar-refractivity contribution in [1.29, 1.82) is 0 Å². The van der Waals surface area contributed by atoms with Crippen molar-refractivity contribution in [2.75, 3.05) is 7.05 Å². The summed E-state index contributed by atoms with van der Waals surface area (Å²) in [5.74, 6) is -1.93. The second kappa shape index (κ2) is 12.2. The molecule has 0 unspecified atom stereocenters. The second-order valence-electron chi connectivity index (χ2n) is 10.2. The molecule has 1 heterocycles. The summed E-state index contributed by atoms with van der Waals surface area (Å²) >= 11 is 0. The van der Waals surface area contributed by atoms with E-state index in [1.165, 1.54) is 29.2 Å². The van der Waals surface area contributed by atoms with Crippen molar-refractivity contribution >= 4 is 16.8 Å². The molecule has 5 rings (SSSR count). The van der Waals surface area contributed by atoms with E-state index in [9.17, 15) is 31.5 Å². The summed E-state index contributed by atoms with van der Waals surface area (Å²) < 4.78 is 68.3. The number of hydrogen-bond donors (Lipinski definition) is 0. The highest BCUT2D eigenvalue weighted by Gasteiger charge is 2.30. The van der Waals surface area contributed by atoms with Crippen molar-refractivity contribution in [3.05, 3.63) is 135 Å². The number of alkyl halides is 3. The van der Waals surface area contributed by atoms with Crippen LogP contribution < -0.4 is 5.56 Å². The van der Waals surface area contributed by atoms with Crippen molar-refractivity contribution < 1.29 is 26.7 Å². The predicted octanol–water partition coefficient (Wildman–Crippen LogP) is 6.80. The zero-order valence-corrected chi connectivity index (χ0v) is 23.0. The van der Waals surface area contributed by atoms with Crippen LogP contribution in [0.1, 0.15) is 22.5 Å². The number of carbonyl (C=O) groups is 1. The lowest BCUT2D eigenvalue weighted by Crippen LogP contribution is -2.32. The molecule has 0 radical (unpaired) electrons. The third-order valence-electron chi connectivity index (χ3n) is 7.26. The molecule has 0 fully saturated rings. The average Bonchev–Trinajstić information content (AvgIpc) is 2.99. The first-order chi connectivity index (χ1) is 20.5. The highest BCUT2D eigenvalue weighted by Crippen LogP contribution is 2.31. The molecule has 1 amide bonds. The maximum absolute atomic E-state index is 14.3. The fraction of sp³-hybridized carbons (Fsp3) is 0.182. The Morgan fingerprint density at radius 1 is 0.837 bits per heavy atom. The van der Waals surface area contributed by atoms with Crippen LogP contribution >= 0.6 is 0 Å². The Balaban J connectivity index is 1.33. The number of hydrogen-bond acceptors (Lipinski definition) is 3. The summed E-state index contributed by atoms with van der Waals surface area (Å²) in [5, 5.41) is 0.331. The number of amides is 1. The van der Waals surface area contributed by atoms with Crippen LogP contribution in [0.3, 0.4) is 0 Å². The van der Waals surface area contributed by atoms with Gasteiger partial charge in [-0.1, -0.05) is 60.7 Å². The maximum Gasteiger partial charge on any atom is 0.416 e. The lowest BCUT2D eigenvalue weighted by Gasteiger charge is -2.21. The molecule has 0 saturated heterocycles. The maximum atomic E-state index is 14.3. The predicted molar refractivity (Wildman–Crippen MR) is 153 cm³/mol. The van der Waals surface area contributed by atoms with Gasteiger partial charge in [0.15, 0.2) is 11.6 Å². The Hall–Kier alpha value is -4.86. The fourth-order valence-corrected chi connectivity index (χ4v) is 4.89. The number of aryl methyl sites for hydroxylation is 2. The van der Waals surface area contributed by atoms with Gasteiger partial charge in [0.05, 0.1) is 16.5 Å². The standard InChI is InChI=1S/C33H26F5N3O2/c1-40(19-21-9-11-22(12-10-21)23-13-16-25(17-14-23)33(36,37)38)30(42)20-41-28-8-3-2-6-26(28)32(43)39-29(41)18-15-24-5-4-7-27(34)31(24)35/h2-14,16-17H,15,18-20H2,1H3. The average molecular weight is 592 g/mol. The van der Waals surface area contributed by atoms with E-state index in [0.717, 1.165) is 29.3 Å². The van der Waals surface area contributed by atoms with Gasteiger partial charge in [0.25, 0.3) is 5.56 Å². The van der Waals surface area contributed by atoms with Crippen molar-refractivity contribution in [1.82, 2.24) is 14.5 Å². The number of para-hydroxylation sites is 1. The Morgan fingerprint density at radius 3 is 2.16 bits per heavy atom. The third-order valence-corrected chi connectivity index (χ3v) is 7.26. The van der Waals surface area contributed by atoms with Crippen molar-refractivity contribution in [3.63, 3.8) is 0 Å². The summed E-state index contributed by atoms with van der Waals surface area (Å²) in [6.45, 7) is 0.108. The molecule has 0 aliphatic carbocycles. The van der Waals surface area contributed by atoms with Gasteiger partial charge in [-0.25, -0.2) is 8.78 Å². The molecule has 0 spiro atoms. The molecular formula is C33H26F5N3O2. The van der Waals surface area contributed by atoms with Gasteiger partial charge in [-0.15, -0.1) is 0 Å². The van der Waals surface area contributed by atoms with Gasteiger partial charge in [-0.2, -0.15) is 18.2 Å². The van der Waals surface area contributed by atoms with Gasteiger partial charge < -0.3 is 9.47 Å². The Labute approximate surface area is 243 Å². The van der Waals surface area contributed by atoms with Crippen LogP contribution in [0.4, 0.5) is 22.0 Å². The number of likely N-dealkylation sites (N-methyl/N-ethyl adjacent to an activating group) is 1. The summed E-state index contributed by atoms with van der Waals surface area (Å²) in [6.07, 6.45) is -4.23.